The summed E-state index contributed by atoms with van der Waals surface area (Å²) in [6, 6.07) is 11.1. The van der Waals surface area contributed by atoms with E-state index in [-0.39, 0.29) is 11.7 Å². The lowest BCUT2D eigenvalue weighted by molar-refractivity contribution is -0.111. The number of anilines is 1. The number of carbonyl (C=O) groups excluding carboxylic acids is 1. The molecule has 0 unspecified atom stereocenters. The molecule has 4 nitrogen and oxygen atoms in total. The molecular formula is C16H11FN2O2. The number of fused-ring (bicyclic) bond motifs is 1. The van der Waals surface area contributed by atoms with Crippen LogP contribution in [0, 0.1) is 5.82 Å². The normalized spacial score (nSPS) is 10.5. The molecule has 0 radical (unpaired) electrons. The molecule has 5 heteroatoms. The molecule has 0 aliphatic carbocycles. The Balaban J connectivity index is 2.00. The third kappa shape index (κ3) is 2.67. The summed E-state index contributed by atoms with van der Waals surface area (Å²) in [6.07, 6.45) is 1.19. The average Bonchev–Trinajstić information content (AvgIpc) is 2.90. The van der Waals surface area contributed by atoms with Gasteiger partial charge in [0.1, 0.15) is 11.3 Å². The predicted octanol–water partition coefficient (Wildman–Crippen LogP) is 3.76. The molecule has 1 amide bonds. The van der Waals surface area contributed by atoms with Gasteiger partial charge in [-0.05, 0) is 42.5 Å². The first-order valence-corrected chi connectivity index (χ1v) is 6.25. The van der Waals surface area contributed by atoms with E-state index in [1.807, 2.05) is 0 Å². The van der Waals surface area contributed by atoms with Gasteiger partial charge in [0, 0.05) is 11.3 Å². The van der Waals surface area contributed by atoms with Crippen molar-refractivity contribution in [3.05, 3.63) is 60.9 Å². The maximum Gasteiger partial charge on any atom is 0.247 e. The van der Waals surface area contributed by atoms with Crippen LogP contribution in [0.15, 0.2) is 59.5 Å². The van der Waals surface area contributed by atoms with Crippen LogP contribution in [0.2, 0.25) is 0 Å². The summed E-state index contributed by atoms with van der Waals surface area (Å²) < 4.78 is 18.8. The lowest BCUT2D eigenvalue weighted by Crippen LogP contribution is -2.06. The van der Waals surface area contributed by atoms with Gasteiger partial charge in [0.25, 0.3) is 0 Å². The smallest absolute Gasteiger partial charge is 0.247 e. The summed E-state index contributed by atoms with van der Waals surface area (Å²) in [4.78, 5) is 15.6. The summed E-state index contributed by atoms with van der Waals surface area (Å²) in [7, 11) is 0. The SMILES string of the molecule is C=CC(=O)Nc1ccc2oc(-c3cccc(F)c3)nc2c1. The highest BCUT2D eigenvalue weighted by atomic mass is 19.1. The Hall–Kier alpha value is -2.95. The monoisotopic (exact) mass is 282 g/mol. The van der Waals surface area contributed by atoms with E-state index in [4.69, 9.17) is 4.42 Å². The highest BCUT2D eigenvalue weighted by molar-refractivity contribution is 5.99. The second-order valence-electron chi connectivity index (χ2n) is 4.41. The summed E-state index contributed by atoms with van der Waals surface area (Å²) in [5.74, 6) is -0.325. The number of benzene rings is 2. The summed E-state index contributed by atoms with van der Waals surface area (Å²) in [5.41, 5.74) is 2.29. The molecule has 3 aromatic rings. The number of halogens is 1. The molecule has 3 rings (SSSR count). The van der Waals surface area contributed by atoms with Gasteiger partial charge in [0.2, 0.25) is 11.8 Å². The van der Waals surface area contributed by atoms with E-state index >= 15 is 0 Å². The Labute approximate surface area is 119 Å². The Morgan fingerprint density at radius 1 is 1.29 bits per heavy atom. The number of amides is 1. The highest BCUT2D eigenvalue weighted by Crippen LogP contribution is 2.26. The molecule has 0 aliphatic rings. The first kappa shape index (κ1) is 13.1. The van der Waals surface area contributed by atoms with Gasteiger partial charge in [0.05, 0.1) is 0 Å². The fourth-order valence-corrected chi connectivity index (χ4v) is 1.94. The number of hydrogen-bond acceptors (Lipinski definition) is 3. The van der Waals surface area contributed by atoms with Crippen LogP contribution < -0.4 is 5.32 Å². The van der Waals surface area contributed by atoms with E-state index in [1.54, 1.807) is 30.3 Å². The van der Waals surface area contributed by atoms with Crippen LogP contribution in [0.4, 0.5) is 10.1 Å². The molecule has 1 aromatic heterocycles. The van der Waals surface area contributed by atoms with Crippen molar-refractivity contribution in [2.24, 2.45) is 0 Å². The molecule has 1 N–H and O–H groups in total. The zero-order valence-electron chi connectivity index (χ0n) is 11.0. The number of hydrogen-bond donors (Lipinski definition) is 1. The Kier molecular flexibility index (Phi) is 3.23. The fourth-order valence-electron chi connectivity index (χ4n) is 1.94. The minimum atomic E-state index is -0.353. The predicted molar refractivity (Wildman–Crippen MR) is 78.2 cm³/mol. The van der Waals surface area contributed by atoms with E-state index in [9.17, 15) is 9.18 Å². The third-order valence-corrected chi connectivity index (χ3v) is 2.91. The second-order valence-corrected chi connectivity index (χ2v) is 4.41. The van der Waals surface area contributed by atoms with Crippen molar-refractivity contribution in [1.29, 1.82) is 0 Å². The van der Waals surface area contributed by atoms with Crippen LogP contribution >= 0.6 is 0 Å². The van der Waals surface area contributed by atoms with E-state index in [0.29, 0.717) is 28.2 Å². The molecular weight excluding hydrogens is 271 g/mol. The van der Waals surface area contributed by atoms with Crippen molar-refractivity contribution in [2.45, 2.75) is 0 Å². The molecule has 104 valence electrons. The van der Waals surface area contributed by atoms with Gasteiger partial charge >= 0.3 is 0 Å². The molecule has 0 atom stereocenters. The summed E-state index contributed by atoms with van der Waals surface area (Å²) in [5, 5.41) is 2.64. The molecule has 0 aliphatic heterocycles. The topological polar surface area (TPSA) is 55.1 Å². The van der Waals surface area contributed by atoms with Crippen LogP contribution in [0.25, 0.3) is 22.6 Å². The number of carbonyl (C=O) groups is 1. The van der Waals surface area contributed by atoms with E-state index in [0.717, 1.165) is 0 Å². The molecule has 0 saturated carbocycles. The quantitative estimate of drug-likeness (QED) is 0.744. The second kappa shape index (κ2) is 5.20. The van der Waals surface area contributed by atoms with E-state index < -0.39 is 0 Å². The van der Waals surface area contributed by atoms with Crippen LogP contribution in [-0.2, 0) is 4.79 Å². The first-order chi connectivity index (χ1) is 10.2. The Morgan fingerprint density at radius 2 is 2.14 bits per heavy atom. The van der Waals surface area contributed by atoms with Crippen molar-refractivity contribution in [3.63, 3.8) is 0 Å². The molecule has 1 heterocycles. The Bertz CT molecular complexity index is 839. The van der Waals surface area contributed by atoms with Crippen LogP contribution in [0.1, 0.15) is 0 Å². The van der Waals surface area contributed by atoms with Crippen molar-refractivity contribution >= 4 is 22.7 Å². The molecule has 0 fully saturated rings. The lowest BCUT2D eigenvalue weighted by Gasteiger charge is -2.00. The molecule has 2 aromatic carbocycles. The Morgan fingerprint density at radius 3 is 2.90 bits per heavy atom. The van der Waals surface area contributed by atoms with Crippen molar-refractivity contribution in [1.82, 2.24) is 4.98 Å². The number of rotatable bonds is 3. The number of aromatic nitrogens is 1. The van der Waals surface area contributed by atoms with Crippen LogP contribution in [-0.4, -0.2) is 10.9 Å². The van der Waals surface area contributed by atoms with Gasteiger partial charge < -0.3 is 9.73 Å². The fraction of sp³-hybridized carbons (Fsp3) is 0. The van der Waals surface area contributed by atoms with Gasteiger partial charge in [-0.3, -0.25) is 4.79 Å². The average molecular weight is 282 g/mol. The van der Waals surface area contributed by atoms with Crippen molar-refractivity contribution < 1.29 is 13.6 Å². The maximum atomic E-state index is 13.2. The minimum Gasteiger partial charge on any atom is -0.436 e. The van der Waals surface area contributed by atoms with E-state index in [1.165, 1.54) is 18.2 Å². The standard InChI is InChI=1S/C16H11FN2O2/c1-2-15(20)18-12-6-7-14-13(9-12)19-16(21-14)10-4-3-5-11(17)8-10/h2-9H,1H2,(H,18,20). The van der Waals surface area contributed by atoms with Gasteiger partial charge in [-0.25, -0.2) is 9.37 Å². The maximum absolute atomic E-state index is 13.2. The lowest BCUT2D eigenvalue weighted by atomic mass is 10.2. The third-order valence-electron chi connectivity index (χ3n) is 2.91. The zero-order chi connectivity index (χ0) is 14.8. The van der Waals surface area contributed by atoms with Gasteiger partial charge in [-0.15, -0.1) is 0 Å². The summed E-state index contributed by atoms with van der Waals surface area (Å²) in [6.45, 7) is 3.39. The zero-order valence-corrected chi connectivity index (χ0v) is 11.0. The minimum absolute atomic E-state index is 0.303. The molecule has 21 heavy (non-hydrogen) atoms. The number of nitrogens with one attached hydrogen (secondary N) is 1. The number of oxazole rings is 1. The highest BCUT2D eigenvalue weighted by Gasteiger charge is 2.10. The van der Waals surface area contributed by atoms with Gasteiger partial charge in [-0.2, -0.15) is 0 Å². The van der Waals surface area contributed by atoms with Crippen LogP contribution in [0.3, 0.4) is 0 Å². The number of nitrogens with zero attached hydrogens (tertiary/aromatic N) is 1. The first-order valence-electron chi connectivity index (χ1n) is 6.25. The molecule has 0 bridgehead atoms. The van der Waals surface area contributed by atoms with Crippen molar-refractivity contribution in [2.75, 3.05) is 5.32 Å². The molecule has 0 saturated heterocycles. The van der Waals surface area contributed by atoms with Gasteiger partial charge in [-0.1, -0.05) is 12.6 Å². The van der Waals surface area contributed by atoms with Crippen LogP contribution in [0.5, 0.6) is 0 Å². The van der Waals surface area contributed by atoms with Gasteiger partial charge in [0.15, 0.2) is 5.58 Å². The van der Waals surface area contributed by atoms with E-state index in [2.05, 4.69) is 16.9 Å². The largest absolute Gasteiger partial charge is 0.436 e. The summed E-state index contributed by atoms with van der Waals surface area (Å²) >= 11 is 0. The van der Waals surface area contributed by atoms with Crippen molar-refractivity contribution in [3.8, 4) is 11.5 Å². The molecule has 0 spiro atoms.